The fraction of sp³-hybridized carbons (Fsp3) is 0.125. The number of hydrogen-bond acceptors (Lipinski definition) is 5. The van der Waals surface area contributed by atoms with Gasteiger partial charge in [0.1, 0.15) is 36.0 Å². The van der Waals surface area contributed by atoms with Crippen LogP contribution in [0.4, 0.5) is 17.6 Å². The average molecular weight is 524 g/mol. The quantitative estimate of drug-likeness (QED) is 0.298. The molecule has 2 heterocycles. The maximum Gasteiger partial charge on any atom is 0.326 e. The molecule has 0 aliphatic heterocycles. The van der Waals surface area contributed by atoms with E-state index in [-0.39, 0.29) is 12.4 Å². The van der Waals surface area contributed by atoms with E-state index in [9.17, 15) is 13.9 Å². The first-order chi connectivity index (χ1) is 16.6. The van der Waals surface area contributed by atoms with E-state index in [1.165, 1.54) is 6.07 Å². The molecule has 5 nitrogen and oxygen atoms in total. The van der Waals surface area contributed by atoms with Crippen LogP contribution in [0.5, 0.6) is 5.75 Å². The first-order valence-corrected chi connectivity index (χ1v) is 10.7. The van der Waals surface area contributed by atoms with Crippen LogP contribution in [-0.2, 0) is 18.1 Å². The van der Waals surface area contributed by atoms with Crippen molar-refractivity contribution in [2.45, 2.75) is 18.1 Å². The SMILES string of the molecule is OC(c1cncnc1)(c1ccc(F)cc1F)C(F)(F)c1ccc(OCc2ccc(Cl)c(Cl)c2)cn1. The molecule has 1 atom stereocenters. The van der Waals surface area contributed by atoms with Crippen molar-refractivity contribution in [3.63, 3.8) is 0 Å². The molecule has 180 valence electrons. The molecule has 2 aromatic carbocycles. The van der Waals surface area contributed by atoms with E-state index >= 15 is 8.78 Å². The molecule has 0 aliphatic carbocycles. The zero-order valence-corrected chi connectivity index (χ0v) is 19.1. The summed E-state index contributed by atoms with van der Waals surface area (Å²) in [6.45, 7) is 0.0559. The number of halogens is 6. The standard InChI is InChI=1S/C24H15Cl2F4N3O2/c25-19-5-1-14(7-20(19)26)12-35-17-3-6-22(33-11-17)24(29,30)23(34,15-9-31-13-32-10-15)18-4-2-16(27)8-21(18)28/h1-11,13,34H,12H2. The summed E-state index contributed by atoms with van der Waals surface area (Å²) in [5, 5.41) is 12.0. The van der Waals surface area contributed by atoms with Crippen molar-refractivity contribution >= 4 is 23.2 Å². The van der Waals surface area contributed by atoms with Gasteiger partial charge in [-0.2, -0.15) is 8.78 Å². The van der Waals surface area contributed by atoms with Gasteiger partial charge in [0, 0.05) is 29.6 Å². The predicted octanol–water partition coefficient (Wildman–Crippen LogP) is 6.06. The van der Waals surface area contributed by atoms with E-state index in [1.54, 1.807) is 18.2 Å². The maximum absolute atomic E-state index is 15.8. The van der Waals surface area contributed by atoms with E-state index in [0.717, 1.165) is 43.1 Å². The van der Waals surface area contributed by atoms with Gasteiger partial charge < -0.3 is 9.84 Å². The highest BCUT2D eigenvalue weighted by molar-refractivity contribution is 6.42. The third kappa shape index (κ3) is 4.80. The second kappa shape index (κ2) is 9.77. The van der Waals surface area contributed by atoms with Gasteiger partial charge in [0.15, 0.2) is 5.60 Å². The van der Waals surface area contributed by atoms with Gasteiger partial charge in [-0.1, -0.05) is 29.3 Å². The molecule has 0 spiro atoms. The summed E-state index contributed by atoms with van der Waals surface area (Å²) in [7, 11) is 0. The minimum Gasteiger partial charge on any atom is -0.487 e. The fourth-order valence-corrected chi connectivity index (χ4v) is 3.73. The van der Waals surface area contributed by atoms with E-state index in [0.29, 0.717) is 21.7 Å². The zero-order chi connectivity index (χ0) is 25.2. The van der Waals surface area contributed by atoms with Crippen molar-refractivity contribution < 1.29 is 27.4 Å². The largest absolute Gasteiger partial charge is 0.487 e. The van der Waals surface area contributed by atoms with Crippen LogP contribution in [-0.4, -0.2) is 20.1 Å². The Morgan fingerprint density at radius 1 is 0.886 bits per heavy atom. The van der Waals surface area contributed by atoms with Gasteiger partial charge in [-0.25, -0.2) is 18.7 Å². The summed E-state index contributed by atoms with van der Waals surface area (Å²) in [5.41, 5.74) is -4.91. The van der Waals surface area contributed by atoms with Crippen molar-refractivity contribution in [2.24, 2.45) is 0 Å². The van der Waals surface area contributed by atoms with Crippen LogP contribution in [0.15, 0.2) is 73.4 Å². The highest BCUT2D eigenvalue weighted by Gasteiger charge is 2.59. The Kier molecular flexibility index (Phi) is 6.93. The van der Waals surface area contributed by atoms with Crippen LogP contribution in [0.3, 0.4) is 0 Å². The smallest absolute Gasteiger partial charge is 0.326 e. The van der Waals surface area contributed by atoms with E-state index in [2.05, 4.69) is 15.0 Å². The van der Waals surface area contributed by atoms with Crippen LogP contribution < -0.4 is 4.74 Å². The van der Waals surface area contributed by atoms with Crippen molar-refractivity contribution in [1.29, 1.82) is 0 Å². The second-order valence-corrected chi connectivity index (χ2v) is 8.27. The van der Waals surface area contributed by atoms with Crippen LogP contribution in [0.1, 0.15) is 22.4 Å². The van der Waals surface area contributed by atoms with Gasteiger partial charge in [0.2, 0.25) is 0 Å². The Bertz CT molecular complexity index is 1340. The predicted molar refractivity (Wildman–Crippen MR) is 120 cm³/mol. The Morgan fingerprint density at radius 2 is 1.63 bits per heavy atom. The average Bonchev–Trinajstić information content (AvgIpc) is 2.85. The number of alkyl halides is 2. The van der Waals surface area contributed by atoms with Crippen LogP contribution in [0.2, 0.25) is 10.0 Å². The first kappa shape index (κ1) is 24.8. The summed E-state index contributed by atoms with van der Waals surface area (Å²) < 4.78 is 65.3. The Morgan fingerprint density at radius 3 is 2.26 bits per heavy atom. The molecule has 35 heavy (non-hydrogen) atoms. The first-order valence-electron chi connectivity index (χ1n) is 9.97. The molecule has 0 bridgehead atoms. The van der Waals surface area contributed by atoms with Gasteiger partial charge >= 0.3 is 5.92 Å². The molecule has 0 amide bonds. The number of nitrogens with zero attached hydrogens (tertiary/aromatic N) is 3. The molecule has 1 N–H and O–H groups in total. The molecule has 2 aromatic heterocycles. The van der Waals surface area contributed by atoms with E-state index in [1.807, 2.05) is 0 Å². The monoisotopic (exact) mass is 523 g/mol. The highest BCUT2D eigenvalue weighted by Crippen LogP contribution is 2.49. The van der Waals surface area contributed by atoms with Gasteiger partial charge in [-0.15, -0.1) is 0 Å². The fourth-order valence-electron chi connectivity index (χ4n) is 3.41. The second-order valence-electron chi connectivity index (χ2n) is 7.45. The Labute approximate surface area is 207 Å². The number of pyridine rings is 1. The molecular weight excluding hydrogens is 509 g/mol. The van der Waals surface area contributed by atoms with Gasteiger partial charge in [0.25, 0.3) is 0 Å². The van der Waals surface area contributed by atoms with Crippen molar-refractivity contribution in [2.75, 3.05) is 0 Å². The minimum atomic E-state index is -4.20. The van der Waals surface area contributed by atoms with Gasteiger partial charge in [-0.05, 0) is 42.0 Å². The summed E-state index contributed by atoms with van der Waals surface area (Å²) in [6, 6.07) is 8.91. The van der Waals surface area contributed by atoms with Crippen LogP contribution in [0, 0.1) is 11.6 Å². The molecular formula is C24H15Cl2F4N3O2. The normalized spacial score (nSPS) is 13.3. The Balaban J connectivity index is 1.67. The van der Waals surface area contributed by atoms with Gasteiger partial charge in [-0.3, -0.25) is 4.98 Å². The molecule has 1 unspecified atom stereocenters. The lowest BCUT2D eigenvalue weighted by Gasteiger charge is -2.36. The maximum atomic E-state index is 15.8. The lowest BCUT2D eigenvalue weighted by atomic mass is 9.80. The third-order valence-corrected chi connectivity index (χ3v) is 5.94. The molecule has 0 fully saturated rings. The summed E-state index contributed by atoms with van der Waals surface area (Å²) >= 11 is 11.8. The number of rotatable bonds is 7. The lowest BCUT2D eigenvalue weighted by molar-refractivity contribution is -0.175. The summed E-state index contributed by atoms with van der Waals surface area (Å²) in [6.07, 6.45) is 3.92. The number of aliphatic hydroxyl groups is 1. The van der Waals surface area contributed by atoms with Crippen molar-refractivity contribution in [3.05, 3.63) is 118 Å². The van der Waals surface area contributed by atoms with E-state index in [4.69, 9.17) is 27.9 Å². The molecule has 4 aromatic rings. The van der Waals surface area contributed by atoms with E-state index < -0.39 is 40.0 Å². The molecule has 4 rings (SSSR count). The molecule has 0 saturated carbocycles. The summed E-state index contributed by atoms with van der Waals surface area (Å²) in [4.78, 5) is 11.0. The molecule has 0 aliphatic rings. The number of ether oxygens (including phenoxy) is 1. The highest BCUT2D eigenvalue weighted by atomic mass is 35.5. The van der Waals surface area contributed by atoms with Gasteiger partial charge in [0.05, 0.1) is 16.2 Å². The molecule has 0 radical (unpaired) electrons. The number of benzene rings is 2. The number of aromatic nitrogens is 3. The lowest BCUT2D eigenvalue weighted by Crippen LogP contribution is -2.45. The molecule has 11 heteroatoms. The number of hydrogen-bond donors (Lipinski definition) is 1. The Hall–Kier alpha value is -3.27. The molecule has 0 saturated heterocycles. The zero-order valence-electron chi connectivity index (χ0n) is 17.6. The van der Waals surface area contributed by atoms with Crippen LogP contribution >= 0.6 is 23.2 Å². The van der Waals surface area contributed by atoms with Crippen molar-refractivity contribution in [1.82, 2.24) is 15.0 Å². The third-order valence-electron chi connectivity index (χ3n) is 5.20. The topological polar surface area (TPSA) is 68.1 Å². The minimum absolute atomic E-state index is 0.0559. The van der Waals surface area contributed by atoms with Crippen molar-refractivity contribution in [3.8, 4) is 5.75 Å². The van der Waals surface area contributed by atoms with Crippen LogP contribution in [0.25, 0.3) is 0 Å². The summed E-state index contributed by atoms with van der Waals surface area (Å²) in [5.74, 6) is -6.42.